The van der Waals surface area contributed by atoms with E-state index < -0.39 is 41.1 Å². The summed E-state index contributed by atoms with van der Waals surface area (Å²) in [6.45, 7) is 2.00. The first-order valence-corrected chi connectivity index (χ1v) is 4.49. The molecule has 0 saturated carbocycles. The minimum Gasteiger partial charge on any atom is -0.478 e. The highest BCUT2D eigenvalue weighted by molar-refractivity contribution is 6.00. The van der Waals surface area contributed by atoms with Gasteiger partial charge in [0.2, 0.25) is 0 Å². The van der Waals surface area contributed by atoms with Crippen molar-refractivity contribution in [3.63, 3.8) is 0 Å². The molecule has 0 unspecified atom stereocenters. The Morgan fingerprint density at radius 1 is 0.944 bits per heavy atom. The average Bonchev–Trinajstić information content (AvgIpc) is 2.09. The molecule has 0 amide bonds. The number of rotatable bonds is 4. The summed E-state index contributed by atoms with van der Waals surface area (Å²) >= 11 is 0. The molecule has 0 spiro atoms. The lowest BCUT2D eigenvalue weighted by atomic mass is 9.93. The van der Waals surface area contributed by atoms with Crippen LogP contribution in [0.4, 0.5) is 22.0 Å². The first-order valence-electron chi connectivity index (χ1n) is 4.49. The zero-order valence-electron chi connectivity index (χ0n) is 9.18. The second kappa shape index (κ2) is 4.91. The maximum absolute atomic E-state index is 13.0. The molecule has 0 fully saturated rings. The van der Waals surface area contributed by atoms with Gasteiger partial charge >= 0.3 is 24.0 Å². The Labute approximate surface area is 97.7 Å². The minimum atomic E-state index is -6.18. The molecule has 0 bridgehead atoms. The van der Waals surface area contributed by atoms with E-state index >= 15 is 0 Å². The Morgan fingerprint density at radius 3 is 1.50 bits per heavy atom. The summed E-state index contributed by atoms with van der Waals surface area (Å²) in [4.78, 5) is 21.2. The molecule has 0 rings (SSSR count). The Morgan fingerprint density at radius 2 is 1.33 bits per heavy atom. The molecule has 0 aliphatic rings. The second-order valence-electron chi connectivity index (χ2n) is 3.63. The predicted molar refractivity (Wildman–Crippen MR) is 48.1 cm³/mol. The number of aliphatic carboxylic acids is 2. The monoisotopic (exact) mass is 276 g/mol. The molecule has 0 aromatic carbocycles. The number of carbonyl (C=O) groups is 2. The van der Waals surface area contributed by atoms with E-state index in [4.69, 9.17) is 10.2 Å². The van der Waals surface area contributed by atoms with Crippen molar-refractivity contribution in [1.29, 1.82) is 0 Å². The molecule has 104 valence electrons. The van der Waals surface area contributed by atoms with Gasteiger partial charge in [0.05, 0.1) is 5.57 Å². The van der Waals surface area contributed by atoms with Gasteiger partial charge in [-0.1, -0.05) is 13.8 Å². The summed E-state index contributed by atoms with van der Waals surface area (Å²) < 4.78 is 62.3. The van der Waals surface area contributed by atoms with Gasteiger partial charge in [0.1, 0.15) is 5.57 Å². The lowest BCUT2D eigenvalue weighted by molar-refractivity contribution is -0.265. The molecule has 0 aromatic heterocycles. The van der Waals surface area contributed by atoms with Crippen LogP contribution >= 0.6 is 0 Å². The molecule has 18 heavy (non-hydrogen) atoms. The summed E-state index contributed by atoms with van der Waals surface area (Å²) in [6.07, 6.45) is -6.18. The normalized spacial score (nSPS) is 14.4. The molecule has 9 heteroatoms. The standard InChI is InChI=1S/C9H9F5O4/c1-3(2)4(6(15)16)5(7(17)18)8(10,11)9(12,13)14/h3H,1-2H3,(H,15,16)(H,17,18)/b5-4-. The van der Waals surface area contributed by atoms with Crippen LogP contribution in [0.1, 0.15) is 13.8 Å². The number of hydrogen-bond donors (Lipinski definition) is 2. The number of carboxylic acids is 2. The Hall–Kier alpha value is -1.67. The lowest BCUT2D eigenvalue weighted by Gasteiger charge is -2.23. The van der Waals surface area contributed by atoms with Crippen LogP contribution in [0.5, 0.6) is 0 Å². The van der Waals surface area contributed by atoms with E-state index in [9.17, 15) is 31.5 Å². The fraction of sp³-hybridized carbons (Fsp3) is 0.556. The number of halogens is 5. The van der Waals surface area contributed by atoms with Crippen LogP contribution in [0.15, 0.2) is 11.1 Å². The Balaban J connectivity index is 6.25. The first-order chi connectivity index (χ1) is 7.84. The zero-order chi connectivity index (χ0) is 14.9. The summed E-state index contributed by atoms with van der Waals surface area (Å²) in [5.41, 5.74) is -3.94. The van der Waals surface area contributed by atoms with Crippen LogP contribution in [0.25, 0.3) is 0 Å². The number of alkyl halides is 5. The lowest BCUT2D eigenvalue weighted by Crippen LogP contribution is -2.43. The quantitative estimate of drug-likeness (QED) is 0.610. The number of carboxylic acid groups (broad SMARTS) is 2. The summed E-state index contributed by atoms with van der Waals surface area (Å²) in [6, 6.07) is 0. The highest BCUT2D eigenvalue weighted by atomic mass is 19.4. The minimum absolute atomic E-state index is 0.999. The van der Waals surface area contributed by atoms with E-state index in [1.54, 1.807) is 0 Å². The van der Waals surface area contributed by atoms with Gasteiger partial charge in [-0.05, 0) is 5.92 Å². The predicted octanol–water partition coefficient (Wildman–Crippen LogP) is 2.31. The van der Waals surface area contributed by atoms with Crippen molar-refractivity contribution < 1.29 is 41.8 Å². The van der Waals surface area contributed by atoms with Gasteiger partial charge in [-0.2, -0.15) is 22.0 Å². The molecule has 0 heterocycles. The number of hydrogen-bond acceptors (Lipinski definition) is 2. The van der Waals surface area contributed by atoms with Crippen LogP contribution in [-0.2, 0) is 9.59 Å². The Bertz CT molecular complexity index is 394. The van der Waals surface area contributed by atoms with Crippen LogP contribution < -0.4 is 0 Å². The molecule has 0 radical (unpaired) electrons. The van der Waals surface area contributed by atoms with Crippen LogP contribution in [0, 0.1) is 5.92 Å². The molecule has 0 saturated heterocycles. The Kier molecular flexibility index (Phi) is 4.45. The van der Waals surface area contributed by atoms with Crippen molar-refractivity contribution in [2.24, 2.45) is 5.92 Å². The molecule has 4 nitrogen and oxygen atoms in total. The largest absolute Gasteiger partial charge is 0.478 e. The summed E-state index contributed by atoms with van der Waals surface area (Å²) in [5, 5.41) is 17.0. The molecule has 2 N–H and O–H groups in total. The van der Waals surface area contributed by atoms with Gasteiger partial charge in [0.15, 0.2) is 0 Å². The molecular weight excluding hydrogens is 267 g/mol. The third-order valence-electron chi connectivity index (χ3n) is 1.96. The molecule has 0 atom stereocenters. The van der Waals surface area contributed by atoms with Crippen molar-refractivity contribution in [2.45, 2.75) is 25.9 Å². The topological polar surface area (TPSA) is 74.6 Å². The first kappa shape index (κ1) is 16.3. The van der Waals surface area contributed by atoms with E-state index in [1.807, 2.05) is 0 Å². The van der Waals surface area contributed by atoms with Gasteiger partial charge in [0.25, 0.3) is 0 Å². The van der Waals surface area contributed by atoms with Crippen molar-refractivity contribution >= 4 is 11.9 Å². The van der Waals surface area contributed by atoms with Gasteiger partial charge in [-0.3, -0.25) is 0 Å². The summed E-state index contributed by atoms with van der Waals surface area (Å²) in [5.74, 6) is -11.8. The van der Waals surface area contributed by atoms with E-state index in [0.29, 0.717) is 0 Å². The molecule has 0 aromatic rings. The van der Waals surface area contributed by atoms with E-state index in [1.165, 1.54) is 0 Å². The average molecular weight is 276 g/mol. The van der Waals surface area contributed by atoms with E-state index in [-0.39, 0.29) is 0 Å². The van der Waals surface area contributed by atoms with E-state index in [2.05, 4.69) is 0 Å². The highest BCUT2D eigenvalue weighted by Gasteiger charge is 2.63. The van der Waals surface area contributed by atoms with Crippen LogP contribution in [0.2, 0.25) is 0 Å². The maximum Gasteiger partial charge on any atom is 0.458 e. The molecule has 0 aliphatic carbocycles. The molecular formula is C9H9F5O4. The molecule has 0 aliphatic heterocycles. The van der Waals surface area contributed by atoms with Gasteiger partial charge < -0.3 is 10.2 Å². The van der Waals surface area contributed by atoms with Crippen LogP contribution in [-0.4, -0.2) is 34.3 Å². The maximum atomic E-state index is 13.0. The third-order valence-corrected chi connectivity index (χ3v) is 1.96. The van der Waals surface area contributed by atoms with Crippen molar-refractivity contribution in [2.75, 3.05) is 0 Å². The smallest absolute Gasteiger partial charge is 0.458 e. The van der Waals surface area contributed by atoms with Crippen molar-refractivity contribution in [3.05, 3.63) is 11.1 Å². The fourth-order valence-electron chi connectivity index (χ4n) is 1.20. The van der Waals surface area contributed by atoms with Gasteiger partial charge in [0, 0.05) is 0 Å². The second-order valence-corrected chi connectivity index (χ2v) is 3.63. The van der Waals surface area contributed by atoms with Crippen molar-refractivity contribution in [3.8, 4) is 0 Å². The van der Waals surface area contributed by atoms with Gasteiger partial charge in [-0.15, -0.1) is 0 Å². The SMILES string of the molecule is CC(C)/C(C(=O)O)=C(\C(=O)O)C(F)(F)C(F)(F)F. The van der Waals surface area contributed by atoms with Crippen LogP contribution in [0.3, 0.4) is 0 Å². The zero-order valence-corrected chi connectivity index (χ0v) is 9.18. The van der Waals surface area contributed by atoms with E-state index in [0.717, 1.165) is 13.8 Å². The summed E-state index contributed by atoms with van der Waals surface area (Å²) in [7, 11) is 0. The fourth-order valence-corrected chi connectivity index (χ4v) is 1.20. The van der Waals surface area contributed by atoms with Crippen molar-refractivity contribution in [1.82, 2.24) is 0 Å². The highest BCUT2D eigenvalue weighted by Crippen LogP contribution is 2.43. The van der Waals surface area contributed by atoms with Gasteiger partial charge in [-0.25, -0.2) is 9.59 Å². The third kappa shape index (κ3) is 2.96.